The molecular weight excluding hydrogens is 287 g/mol. The van der Waals surface area contributed by atoms with E-state index in [1.54, 1.807) is 0 Å². The van der Waals surface area contributed by atoms with Gasteiger partial charge >= 0.3 is 0 Å². The third-order valence-corrected chi connectivity index (χ3v) is 4.43. The van der Waals surface area contributed by atoms with E-state index in [4.69, 9.17) is 4.74 Å². The number of rotatable bonds is 1. The van der Waals surface area contributed by atoms with Gasteiger partial charge in [-0.15, -0.1) is 0 Å². The van der Waals surface area contributed by atoms with Crippen LogP contribution in [-0.2, 0) is 4.74 Å². The van der Waals surface area contributed by atoms with Crippen molar-refractivity contribution < 1.29 is 13.9 Å². The molecule has 0 saturated carbocycles. The average Bonchev–Trinajstić information content (AvgIpc) is 2.79. The Morgan fingerprint density at radius 2 is 2.05 bits per heavy atom. The number of carbonyl (C=O) groups is 1. The summed E-state index contributed by atoms with van der Waals surface area (Å²) in [4.78, 5) is 16.7. The summed E-state index contributed by atoms with van der Waals surface area (Å²) in [6, 6.07) is 2.79. The maximum atomic E-state index is 13.9. The monoisotopic (exact) mass is 306 g/mol. The molecule has 3 aliphatic rings. The van der Waals surface area contributed by atoms with E-state index in [-0.39, 0.29) is 18.2 Å². The highest BCUT2D eigenvalue weighted by atomic mass is 19.1. The first-order valence-electron chi connectivity index (χ1n) is 7.63. The standard InChI is InChI=1S/C15H19FN4O2/c1-9-8-20-13-11(14(21)17-9)6-10(16)7-12(13)18-15(20)19-2-4-22-5-3-19/h6-7,9,15,18H,2-5,8H2,1H3,(H,17,21)/t9-,15?/m0/s1. The van der Waals surface area contributed by atoms with Crippen LogP contribution in [0.3, 0.4) is 0 Å². The highest BCUT2D eigenvalue weighted by Crippen LogP contribution is 2.40. The van der Waals surface area contributed by atoms with Crippen molar-refractivity contribution in [3.63, 3.8) is 0 Å². The van der Waals surface area contributed by atoms with Crippen LogP contribution >= 0.6 is 0 Å². The van der Waals surface area contributed by atoms with E-state index < -0.39 is 5.82 Å². The van der Waals surface area contributed by atoms with Crippen molar-refractivity contribution >= 4 is 17.3 Å². The minimum atomic E-state index is -0.395. The molecule has 0 radical (unpaired) electrons. The van der Waals surface area contributed by atoms with Crippen LogP contribution in [0.1, 0.15) is 17.3 Å². The average molecular weight is 306 g/mol. The molecule has 6 nitrogen and oxygen atoms in total. The Bertz CT molecular complexity index is 618. The molecule has 7 heteroatoms. The van der Waals surface area contributed by atoms with Crippen LogP contribution in [-0.4, -0.2) is 56.0 Å². The summed E-state index contributed by atoms with van der Waals surface area (Å²) in [5.74, 6) is -0.608. The first-order chi connectivity index (χ1) is 10.6. The van der Waals surface area contributed by atoms with Crippen molar-refractivity contribution in [3.05, 3.63) is 23.5 Å². The quantitative estimate of drug-likeness (QED) is 0.804. The van der Waals surface area contributed by atoms with Gasteiger partial charge in [-0.2, -0.15) is 0 Å². The van der Waals surface area contributed by atoms with Gasteiger partial charge in [-0.1, -0.05) is 0 Å². The largest absolute Gasteiger partial charge is 0.379 e. The third-order valence-electron chi connectivity index (χ3n) is 4.43. The number of hydrogen-bond acceptors (Lipinski definition) is 5. The molecule has 1 fully saturated rings. The van der Waals surface area contributed by atoms with Crippen LogP contribution in [0.2, 0.25) is 0 Å². The summed E-state index contributed by atoms with van der Waals surface area (Å²) in [6.07, 6.45) is -0.0606. The van der Waals surface area contributed by atoms with Gasteiger partial charge in [0.05, 0.1) is 30.2 Å². The summed E-state index contributed by atoms with van der Waals surface area (Å²) in [6.45, 7) is 5.67. The number of amides is 1. The first-order valence-corrected chi connectivity index (χ1v) is 7.63. The molecule has 118 valence electrons. The van der Waals surface area contributed by atoms with Gasteiger partial charge < -0.3 is 20.3 Å². The molecule has 1 saturated heterocycles. The summed E-state index contributed by atoms with van der Waals surface area (Å²) >= 11 is 0. The number of nitrogens with one attached hydrogen (secondary N) is 2. The fourth-order valence-electron chi connectivity index (χ4n) is 3.47. The number of hydrogen-bond donors (Lipinski definition) is 2. The smallest absolute Gasteiger partial charge is 0.253 e. The number of benzene rings is 1. The van der Waals surface area contributed by atoms with Crippen LogP contribution in [0.25, 0.3) is 0 Å². The van der Waals surface area contributed by atoms with Crippen LogP contribution in [0, 0.1) is 5.82 Å². The van der Waals surface area contributed by atoms with Crippen LogP contribution < -0.4 is 15.5 Å². The van der Waals surface area contributed by atoms with Gasteiger partial charge in [0.1, 0.15) is 5.82 Å². The van der Waals surface area contributed by atoms with E-state index in [2.05, 4.69) is 20.4 Å². The van der Waals surface area contributed by atoms with Crippen LogP contribution in [0.5, 0.6) is 0 Å². The molecule has 0 bridgehead atoms. The topological polar surface area (TPSA) is 56.8 Å². The lowest BCUT2D eigenvalue weighted by Gasteiger charge is -2.38. The molecule has 22 heavy (non-hydrogen) atoms. The number of anilines is 2. The molecule has 4 rings (SSSR count). The van der Waals surface area contributed by atoms with E-state index in [0.29, 0.717) is 31.0 Å². The summed E-state index contributed by atoms with van der Waals surface area (Å²) in [5.41, 5.74) is 1.90. The van der Waals surface area contributed by atoms with Gasteiger partial charge in [0.25, 0.3) is 5.91 Å². The van der Waals surface area contributed by atoms with Gasteiger partial charge in [0.2, 0.25) is 0 Å². The molecule has 3 aliphatic heterocycles. The minimum Gasteiger partial charge on any atom is -0.379 e. The van der Waals surface area contributed by atoms with Gasteiger partial charge in [-0.25, -0.2) is 4.39 Å². The van der Waals surface area contributed by atoms with Gasteiger partial charge in [0, 0.05) is 25.7 Å². The Morgan fingerprint density at radius 3 is 2.82 bits per heavy atom. The second-order valence-corrected chi connectivity index (χ2v) is 6.04. The molecule has 2 atom stereocenters. The van der Waals surface area contributed by atoms with Crippen molar-refractivity contribution in [1.82, 2.24) is 10.2 Å². The Kier molecular flexibility index (Phi) is 3.19. The highest BCUT2D eigenvalue weighted by molar-refractivity contribution is 6.04. The number of carbonyl (C=O) groups excluding carboxylic acids is 1. The molecular formula is C15H19FN4O2. The molecule has 1 aromatic carbocycles. The van der Waals surface area contributed by atoms with Crippen molar-refractivity contribution in [2.75, 3.05) is 43.1 Å². The van der Waals surface area contributed by atoms with E-state index >= 15 is 0 Å². The van der Waals surface area contributed by atoms with Gasteiger partial charge in [-0.3, -0.25) is 9.69 Å². The summed E-state index contributed by atoms with van der Waals surface area (Å²) in [7, 11) is 0. The molecule has 1 aromatic rings. The lowest BCUT2D eigenvalue weighted by Crippen LogP contribution is -2.55. The second-order valence-electron chi connectivity index (χ2n) is 6.04. The molecule has 0 spiro atoms. The van der Waals surface area contributed by atoms with Crippen molar-refractivity contribution in [2.45, 2.75) is 19.3 Å². The summed E-state index contributed by atoms with van der Waals surface area (Å²) < 4.78 is 19.3. The maximum absolute atomic E-state index is 13.9. The number of ether oxygens (including phenoxy) is 1. The normalized spacial score (nSPS) is 27.9. The molecule has 0 aromatic heterocycles. The number of nitrogens with zero attached hydrogens (tertiary/aromatic N) is 2. The SMILES string of the molecule is C[C@H]1CN2c3c(cc(F)cc3C(=O)N1)NC2N1CCOCC1. The zero-order chi connectivity index (χ0) is 15.3. The van der Waals surface area contributed by atoms with Crippen molar-refractivity contribution in [3.8, 4) is 0 Å². The Labute approximate surface area is 128 Å². The predicted molar refractivity (Wildman–Crippen MR) is 80.5 cm³/mol. The van der Waals surface area contributed by atoms with E-state index in [1.807, 2.05) is 6.92 Å². The van der Waals surface area contributed by atoms with Crippen LogP contribution in [0.15, 0.2) is 12.1 Å². The van der Waals surface area contributed by atoms with E-state index in [1.165, 1.54) is 12.1 Å². The van der Waals surface area contributed by atoms with Gasteiger partial charge in [0.15, 0.2) is 6.29 Å². The molecule has 1 unspecified atom stereocenters. The molecule has 2 N–H and O–H groups in total. The van der Waals surface area contributed by atoms with E-state index in [0.717, 1.165) is 18.8 Å². The fourth-order valence-corrected chi connectivity index (χ4v) is 3.47. The number of morpholine rings is 1. The molecule has 1 amide bonds. The van der Waals surface area contributed by atoms with Crippen molar-refractivity contribution in [1.29, 1.82) is 0 Å². The lowest BCUT2D eigenvalue weighted by molar-refractivity contribution is 0.0224. The predicted octanol–water partition coefficient (Wildman–Crippen LogP) is 0.805. The lowest BCUT2D eigenvalue weighted by atomic mass is 10.1. The second kappa shape index (κ2) is 5.10. The maximum Gasteiger partial charge on any atom is 0.253 e. The Hall–Kier alpha value is -1.86. The molecule has 3 heterocycles. The summed E-state index contributed by atoms with van der Waals surface area (Å²) in [5, 5.41) is 6.29. The Morgan fingerprint density at radius 1 is 1.27 bits per heavy atom. The van der Waals surface area contributed by atoms with Crippen LogP contribution in [0.4, 0.5) is 15.8 Å². The third kappa shape index (κ3) is 2.12. The van der Waals surface area contributed by atoms with Gasteiger partial charge in [-0.05, 0) is 19.1 Å². The molecule has 0 aliphatic carbocycles. The fraction of sp³-hybridized carbons (Fsp3) is 0.533. The highest BCUT2D eigenvalue weighted by Gasteiger charge is 2.39. The minimum absolute atomic E-state index is 0.000693. The van der Waals surface area contributed by atoms with E-state index in [9.17, 15) is 9.18 Å². The zero-order valence-electron chi connectivity index (χ0n) is 12.4. The Balaban J connectivity index is 1.77. The van der Waals surface area contributed by atoms with Crippen molar-refractivity contribution in [2.24, 2.45) is 0 Å². The zero-order valence-corrected chi connectivity index (χ0v) is 12.4. The number of halogens is 1. The first kappa shape index (κ1) is 13.8.